The van der Waals surface area contributed by atoms with Gasteiger partial charge in [0.25, 0.3) is 0 Å². The number of hydrogen-bond donors (Lipinski definition) is 0. The lowest BCUT2D eigenvalue weighted by Crippen LogP contribution is -2.25. The van der Waals surface area contributed by atoms with E-state index < -0.39 is 0 Å². The highest BCUT2D eigenvalue weighted by Gasteiger charge is 1.96. The van der Waals surface area contributed by atoms with E-state index in [1.165, 1.54) is 0 Å². The molecule has 74 valence electrons. The summed E-state index contributed by atoms with van der Waals surface area (Å²) in [6.07, 6.45) is 1.10. The molecule has 0 spiro atoms. The van der Waals surface area contributed by atoms with Crippen molar-refractivity contribution in [3.05, 3.63) is 0 Å². The first-order valence-corrected chi connectivity index (χ1v) is 4.56. The molecule has 0 radical (unpaired) electrons. The van der Waals surface area contributed by atoms with E-state index in [0.29, 0.717) is 0 Å². The van der Waals surface area contributed by atoms with Crippen molar-refractivity contribution in [3.63, 3.8) is 0 Å². The molecular weight excluding hydrogens is 154 g/mol. The molecule has 0 bridgehead atoms. The second kappa shape index (κ2) is 8.97. The first-order valence-electron chi connectivity index (χ1n) is 4.56. The van der Waals surface area contributed by atoms with Crippen LogP contribution in [-0.2, 0) is 9.47 Å². The average Bonchev–Trinajstić information content (AvgIpc) is 2.06. The van der Waals surface area contributed by atoms with Crippen molar-refractivity contribution in [1.82, 2.24) is 4.90 Å². The van der Waals surface area contributed by atoms with Gasteiger partial charge in [0.1, 0.15) is 0 Å². The molecule has 0 heterocycles. The molecule has 0 rings (SSSR count). The Bertz CT molecular complexity index is 78.6. The van der Waals surface area contributed by atoms with Crippen molar-refractivity contribution >= 4 is 0 Å². The molecule has 0 aromatic heterocycles. The summed E-state index contributed by atoms with van der Waals surface area (Å²) in [5.41, 5.74) is 0. The van der Waals surface area contributed by atoms with Gasteiger partial charge in [-0.15, -0.1) is 0 Å². The van der Waals surface area contributed by atoms with Gasteiger partial charge in [0.2, 0.25) is 0 Å². The van der Waals surface area contributed by atoms with Gasteiger partial charge in [-0.25, -0.2) is 0 Å². The van der Waals surface area contributed by atoms with Crippen LogP contribution in [0.2, 0.25) is 0 Å². The van der Waals surface area contributed by atoms with Crippen LogP contribution in [0.25, 0.3) is 0 Å². The number of likely N-dealkylation sites (N-methyl/N-ethyl adjacent to an activating group) is 1. The molecule has 3 nitrogen and oxygen atoms in total. The van der Waals surface area contributed by atoms with Crippen LogP contribution in [0.15, 0.2) is 0 Å². The van der Waals surface area contributed by atoms with Crippen LogP contribution in [0.5, 0.6) is 0 Å². The predicted molar refractivity (Wildman–Crippen MR) is 50.5 cm³/mol. The third-order valence-electron chi connectivity index (χ3n) is 1.71. The number of methoxy groups -OCH3 is 1. The molecule has 0 unspecified atom stereocenters. The van der Waals surface area contributed by atoms with Gasteiger partial charge in [0.05, 0.1) is 6.61 Å². The van der Waals surface area contributed by atoms with Gasteiger partial charge in [-0.3, -0.25) is 0 Å². The second-order valence-corrected chi connectivity index (χ2v) is 2.85. The van der Waals surface area contributed by atoms with Crippen molar-refractivity contribution in [2.45, 2.75) is 13.3 Å². The SMILES string of the molecule is CCOCCN(C)CCCOC. The topological polar surface area (TPSA) is 21.7 Å². The van der Waals surface area contributed by atoms with Crippen molar-refractivity contribution in [3.8, 4) is 0 Å². The summed E-state index contributed by atoms with van der Waals surface area (Å²) in [4.78, 5) is 2.26. The van der Waals surface area contributed by atoms with Gasteiger partial charge < -0.3 is 14.4 Å². The van der Waals surface area contributed by atoms with Gasteiger partial charge in [-0.2, -0.15) is 0 Å². The Morgan fingerprint density at radius 3 is 2.50 bits per heavy atom. The maximum atomic E-state index is 5.24. The Kier molecular flexibility index (Phi) is 8.88. The minimum atomic E-state index is 0.811. The molecule has 0 aliphatic rings. The Morgan fingerprint density at radius 2 is 1.92 bits per heavy atom. The van der Waals surface area contributed by atoms with Crippen molar-refractivity contribution in [2.24, 2.45) is 0 Å². The highest BCUT2D eigenvalue weighted by molar-refractivity contribution is 4.49. The summed E-state index contributed by atoms with van der Waals surface area (Å²) in [5, 5.41) is 0. The molecule has 0 N–H and O–H groups in total. The fourth-order valence-corrected chi connectivity index (χ4v) is 0.955. The summed E-state index contributed by atoms with van der Waals surface area (Å²) in [5.74, 6) is 0. The van der Waals surface area contributed by atoms with Crippen molar-refractivity contribution in [1.29, 1.82) is 0 Å². The Labute approximate surface area is 75.6 Å². The van der Waals surface area contributed by atoms with E-state index in [1.807, 2.05) is 6.92 Å². The number of nitrogens with zero attached hydrogens (tertiary/aromatic N) is 1. The molecule has 0 aromatic rings. The zero-order valence-corrected chi connectivity index (χ0v) is 8.51. The largest absolute Gasteiger partial charge is 0.385 e. The maximum Gasteiger partial charge on any atom is 0.0593 e. The molecule has 0 aromatic carbocycles. The highest BCUT2D eigenvalue weighted by atomic mass is 16.5. The number of hydrogen-bond acceptors (Lipinski definition) is 3. The minimum absolute atomic E-state index is 0.811. The minimum Gasteiger partial charge on any atom is -0.385 e. The molecule has 0 aliphatic carbocycles. The molecule has 0 aliphatic heterocycles. The predicted octanol–water partition coefficient (Wildman–Crippen LogP) is 0.991. The summed E-state index contributed by atoms with van der Waals surface area (Å²) in [7, 11) is 3.84. The van der Waals surface area contributed by atoms with Crippen LogP contribution in [-0.4, -0.2) is 52.0 Å². The van der Waals surface area contributed by atoms with Crippen molar-refractivity contribution < 1.29 is 9.47 Å². The fourth-order valence-electron chi connectivity index (χ4n) is 0.955. The lowest BCUT2D eigenvalue weighted by Gasteiger charge is -2.15. The third kappa shape index (κ3) is 7.98. The molecule has 3 heteroatoms. The Balaban J connectivity index is 3.04. The molecule has 12 heavy (non-hydrogen) atoms. The van der Waals surface area contributed by atoms with E-state index in [0.717, 1.165) is 39.3 Å². The lowest BCUT2D eigenvalue weighted by atomic mass is 10.4. The molecule has 0 saturated carbocycles. The van der Waals surface area contributed by atoms with E-state index in [2.05, 4.69) is 11.9 Å². The monoisotopic (exact) mass is 175 g/mol. The zero-order chi connectivity index (χ0) is 9.23. The van der Waals surface area contributed by atoms with Gasteiger partial charge in [-0.1, -0.05) is 0 Å². The summed E-state index contributed by atoms with van der Waals surface area (Å²) < 4.78 is 10.2. The zero-order valence-electron chi connectivity index (χ0n) is 8.51. The van der Waals surface area contributed by atoms with Crippen LogP contribution in [0, 0.1) is 0 Å². The number of ether oxygens (including phenoxy) is 2. The normalized spacial score (nSPS) is 11.0. The van der Waals surface area contributed by atoms with Gasteiger partial charge in [0, 0.05) is 33.4 Å². The Morgan fingerprint density at radius 1 is 1.17 bits per heavy atom. The van der Waals surface area contributed by atoms with Crippen molar-refractivity contribution in [2.75, 3.05) is 47.1 Å². The van der Waals surface area contributed by atoms with Crippen LogP contribution in [0.4, 0.5) is 0 Å². The van der Waals surface area contributed by atoms with Crippen LogP contribution < -0.4 is 0 Å². The molecule has 0 atom stereocenters. The maximum absolute atomic E-state index is 5.24. The molecule has 0 amide bonds. The summed E-state index contributed by atoms with van der Waals surface area (Å²) in [6, 6.07) is 0. The average molecular weight is 175 g/mol. The van der Waals surface area contributed by atoms with E-state index in [1.54, 1.807) is 7.11 Å². The Hall–Kier alpha value is -0.120. The van der Waals surface area contributed by atoms with E-state index in [-0.39, 0.29) is 0 Å². The first-order chi connectivity index (χ1) is 5.81. The molecule has 0 fully saturated rings. The van der Waals surface area contributed by atoms with Crippen LogP contribution in [0.1, 0.15) is 13.3 Å². The van der Waals surface area contributed by atoms with Gasteiger partial charge in [-0.05, 0) is 20.4 Å². The van der Waals surface area contributed by atoms with E-state index in [4.69, 9.17) is 9.47 Å². The smallest absolute Gasteiger partial charge is 0.0593 e. The quantitative estimate of drug-likeness (QED) is 0.514. The third-order valence-corrected chi connectivity index (χ3v) is 1.71. The fraction of sp³-hybridized carbons (Fsp3) is 1.00. The number of rotatable bonds is 8. The molecular formula is C9H21NO2. The highest BCUT2D eigenvalue weighted by Crippen LogP contribution is 1.88. The summed E-state index contributed by atoms with van der Waals surface area (Å²) in [6.45, 7) is 6.61. The first kappa shape index (κ1) is 11.9. The van der Waals surface area contributed by atoms with Crippen LogP contribution in [0.3, 0.4) is 0 Å². The van der Waals surface area contributed by atoms with Gasteiger partial charge in [0.15, 0.2) is 0 Å². The van der Waals surface area contributed by atoms with E-state index >= 15 is 0 Å². The lowest BCUT2D eigenvalue weighted by molar-refractivity contribution is 0.116. The van der Waals surface area contributed by atoms with E-state index in [9.17, 15) is 0 Å². The van der Waals surface area contributed by atoms with Crippen LogP contribution >= 0.6 is 0 Å². The molecule has 0 saturated heterocycles. The van der Waals surface area contributed by atoms with Gasteiger partial charge >= 0.3 is 0 Å². The second-order valence-electron chi connectivity index (χ2n) is 2.85. The summed E-state index contributed by atoms with van der Waals surface area (Å²) >= 11 is 0. The standard InChI is InChI=1S/C9H21NO2/c1-4-12-9-7-10(2)6-5-8-11-3/h4-9H2,1-3H3.